The molecule has 1 N–H and O–H groups in total. The van der Waals surface area contributed by atoms with Crippen LogP contribution < -0.4 is 14.4 Å². The minimum atomic E-state index is -1.09. The van der Waals surface area contributed by atoms with Crippen molar-refractivity contribution < 1.29 is 24.2 Å². The molecule has 5 aliphatic rings. The summed E-state index contributed by atoms with van der Waals surface area (Å²) in [7, 11) is 0. The van der Waals surface area contributed by atoms with Crippen molar-refractivity contribution >= 4 is 80.3 Å². The van der Waals surface area contributed by atoms with Gasteiger partial charge in [0.15, 0.2) is 11.5 Å². The summed E-state index contributed by atoms with van der Waals surface area (Å²) >= 11 is 9.65. The number of carbonyl (C=O) groups is 2. The Kier molecular flexibility index (Phi) is 6.82. The molecule has 7 nitrogen and oxygen atoms in total. The average Bonchev–Trinajstić information content (AvgIpc) is 3.91. The number of rotatable bonds is 6. The van der Waals surface area contributed by atoms with E-state index in [1.807, 2.05) is 12.1 Å². The Hall–Kier alpha value is -3.64. The number of thioether (sulfide) groups is 1. The number of anilines is 2. The number of benzene rings is 2. The van der Waals surface area contributed by atoms with Crippen molar-refractivity contribution in [2.45, 2.75) is 31.2 Å². The molecular weight excluding hydrogens is 657 g/mol. The van der Waals surface area contributed by atoms with Crippen molar-refractivity contribution in [1.29, 1.82) is 0 Å². The number of aliphatic carboxylic acids is 1. The number of thiocarbonyl (C=S) groups is 1. The zero-order chi connectivity index (χ0) is 31.1. The monoisotopic (exact) mass is 684 g/mol. The van der Waals surface area contributed by atoms with Crippen LogP contribution in [0.5, 0.6) is 11.5 Å². The zero-order valence-corrected chi connectivity index (χ0v) is 27.8. The molecule has 1 saturated heterocycles. The number of carboxylic acids is 1. The minimum absolute atomic E-state index is 0.260. The quantitative estimate of drug-likeness (QED) is 0.161. The first kappa shape index (κ1) is 28.6. The summed E-state index contributed by atoms with van der Waals surface area (Å²) < 4.78 is 12.8. The fraction of sp³-hybridized carbons (Fsp3) is 0.286. The van der Waals surface area contributed by atoms with Crippen LogP contribution in [0.4, 0.5) is 11.4 Å². The van der Waals surface area contributed by atoms with Gasteiger partial charge in [-0.25, -0.2) is 0 Å². The first-order chi connectivity index (χ1) is 22.4. The molecule has 2 bridgehead atoms. The van der Waals surface area contributed by atoms with E-state index in [1.165, 1.54) is 36.2 Å². The van der Waals surface area contributed by atoms with E-state index in [0.29, 0.717) is 30.1 Å². The van der Waals surface area contributed by atoms with Crippen molar-refractivity contribution in [2.24, 2.45) is 11.8 Å². The van der Waals surface area contributed by atoms with E-state index in [9.17, 15) is 9.59 Å². The Bertz CT molecular complexity index is 1970. The highest BCUT2D eigenvalue weighted by atomic mass is 32.2. The van der Waals surface area contributed by atoms with Crippen LogP contribution in [-0.4, -0.2) is 52.0 Å². The second kappa shape index (κ2) is 11.0. The Morgan fingerprint density at radius 3 is 2.57 bits per heavy atom. The molecule has 4 atom stereocenters. The molecule has 232 valence electrons. The van der Waals surface area contributed by atoms with Crippen molar-refractivity contribution in [2.75, 3.05) is 24.7 Å². The molecule has 4 unspecified atom stereocenters. The van der Waals surface area contributed by atoms with Crippen molar-refractivity contribution in [3.8, 4) is 31.7 Å². The van der Waals surface area contributed by atoms with E-state index in [2.05, 4.69) is 53.4 Å². The number of carboxylic acid groups (broad SMARTS) is 1. The Morgan fingerprint density at radius 1 is 0.978 bits per heavy atom. The van der Waals surface area contributed by atoms with Crippen LogP contribution >= 0.6 is 46.7 Å². The van der Waals surface area contributed by atoms with Gasteiger partial charge in [-0.15, -0.1) is 22.7 Å². The largest absolute Gasteiger partial charge is 0.485 e. The Balaban J connectivity index is 1.08. The normalized spacial score (nSPS) is 25.1. The second-order valence-corrected chi connectivity index (χ2v) is 16.1. The molecule has 0 radical (unpaired) electrons. The topological polar surface area (TPSA) is 79.3 Å². The molecular formula is C35H28N2O5S4. The van der Waals surface area contributed by atoms with Crippen LogP contribution in [0.2, 0.25) is 0 Å². The predicted octanol–water partition coefficient (Wildman–Crippen LogP) is 8.23. The lowest BCUT2D eigenvalue weighted by Gasteiger charge is -2.33. The first-order valence-corrected chi connectivity index (χ1v) is 18.3. The number of thiophene rings is 2. The van der Waals surface area contributed by atoms with Crippen LogP contribution in [0.1, 0.15) is 35.6 Å². The summed E-state index contributed by atoms with van der Waals surface area (Å²) in [5.74, 6) is 2.13. The summed E-state index contributed by atoms with van der Waals surface area (Å²) in [5, 5.41) is 9.16. The fourth-order valence-electron chi connectivity index (χ4n) is 8.07. The summed E-state index contributed by atoms with van der Waals surface area (Å²) in [6.45, 7) is 0.559. The highest BCUT2D eigenvalue weighted by Crippen LogP contribution is 2.63. The van der Waals surface area contributed by atoms with Gasteiger partial charge in [0.25, 0.3) is 5.91 Å². The lowest BCUT2D eigenvalue weighted by atomic mass is 9.81. The second-order valence-electron chi connectivity index (χ2n) is 12.3. The van der Waals surface area contributed by atoms with Crippen LogP contribution in [0, 0.1) is 11.8 Å². The number of para-hydroxylation sites is 1. The maximum absolute atomic E-state index is 12.8. The van der Waals surface area contributed by atoms with Crippen molar-refractivity contribution in [3.05, 3.63) is 76.0 Å². The lowest BCUT2D eigenvalue weighted by molar-refractivity contribution is -0.140. The van der Waals surface area contributed by atoms with Gasteiger partial charge in [-0.05, 0) is 84.7 Å². The van der Waals surface area contributed by atoms with Crippen molar-refractivity contribution in [1.82, 2.24) is 4.90 Å². The van der Waals surface area contributed by atoms with Crippen molar-refractivity contribution in [3.63, 3.8) is 0 Å². The number of hydrogen-bond donors (Lipinski definition) is 1. The van der Waals surface area contributed by atoms with E-state index in [0.717, 1.165) is 65.1 Å². The van der Waals surface area contributed by atoms with Gasteiger partial charge < -0.3 is 19.5 Å². The Labute approximate surface area is 283 Å². The molecule has 4 aromatic rings. The van der Waals surface area contributed by atoms with Crippen LogP contribution in [-0.2, 0) is 9.59 Å². The maximum Gasteiger partial charge on any atom is 0.323 e. The molecule has 3 aliphatic heterocycles. The minimum Gasteiger partial charge on any atom is -0.485 e. The number of carbonyl (C=O) groups excluding carboxylic acids is 1. The van der Waals surface area contributed by atoms with Crippen LogP contribution in [0.3, 0.4) is 0 Å². The molecule has 2 aromatic carbocycles. The fourth-order valence-corrected chi connectivity index (χ4v) is 11.6. The molecule has 0 spiro atoms. The van der Waals surface area contributed by atoms with Gasteiger partial charge in [0, 0.05) is 33.1 Å². The molecule has 3 fully saturated rings. The lowest BCUT2D eigenvalue weighted by Crippen LogP contribution is -2.35. The summed E-state index contributed by atoms with van der Waals surface area (Å²) in [6.07, 6.45) is 5.75. The summed E-state index contributed by atoms with van der Waals surface area (Å²) in [5.41, 5.74) is 5.23. The van der Waals surface area contributed by atoms with Gasteiger partial charge in [-0.2, -0.15) is 0 Å². The molecule has 2 aromatic heterocycles. The van der Waals surface area contributed by atoms with Gasteiger partial charge >= 0.3 is 5.97 Å². The molecule has 46 heavy (non-hydrogen) atoms. The Morgan fingerprint density at radius 2 is 1.76 bits per heavy atom. The summed E-state index contributed by atoms with van der Waals surface area (Å²) in [4.78, 5) is 32.2. The summed E-state index contributed by atoms with van der Waals surface area (Å²) in [6, 6.07) is 22.4. The highest BCUT2D eigenvalue weighted by molar-refractivity contribution is 8.26. The predicted molar refractivity (Wildman–Crippen MR) is 188 cm³/mol. The third kappa shape index (κ3) is 4.46. The molecule has 11 heteroatoms. The number of hydrogen-bond acceptors (Lipinski definition) is 9. The number of amides is 1. The number of nitrogens with zero attached hydrogens (tertiary/aromatic N) is 2. The third-order valence-corrected chi connectivity index (χ3v) is 13.6. The van der Waals surface area contributed by atoms with E-state index in [1.54, 1.807) is 28.7 Å². The van der Waals surface area contributed by atoms with E-state index < -0.39 is 12.5 Å². The average molecular weight is 685 g/mol. The number of fused-ring (bicyclic) bond motifs is 8. The third-order valence-electron chi connectivity index (χ3n) is 9.80. The highest BCUT2D eigenvalue weighted by Gasteiger charge is 2.55. The maximum atomic E-state index is 12.8. The van der Waals surface area contributed by atoms with E-state index in [4.69, 9.17) is 26.8 Å². The molecule has 2 saturated carbocycles. The molecule has 2 aliphatic carbocycles. The first-order valence-electron chi connectivity index (χ1n) is 15.4. The smallest absolute Gasteiger partial charge is 0.323 e. The van der Waals surface area contributed by atoms with Gasteiger partial charge in [0.2, 0.25) is 0 Å². The van der Waals surface area contributed by atoms with Gasteiger partial charge in [0.1, 0.15) is 24.1 Å². The van der Waals surface area contributed by atoms with Gasteiger partial charge in [-0.3, -0.25) is 14.5 Å². The molecule has 5 heterocycles. The number of ether oxygens (including phenoxy) is 2. The molecule has 1 amide bonds. The van der Waals surface area contributed by atoms with Crippen LogP contribution in [0.15, 0.2) is 65.6 Å². The van der Waals surface area contributed by atoms with Crippen LogP contribution in [0.25, 0.3) is 26.3 Å². The van der Waals surface area contributed by atoms with Gasteiger partial charge in [0.05, 0.1) is 14.7 Å². The molecule has 9 rings (SSSR count). The standard InChI is InChI=1S/C35H28N2O5S4/c38-27(39)17-36-34(40)26(45-35(36)43)16-22-9-11-25(44-22)33-31-30(41-12-13-42-31)32(46-33)20-8-10-24-23(15-20)28-18-6-7-19(14-18)29(28)37(24)21-4-2-1-3-5-21/h1-5,8-11,15-16,18-19,28-29H,6-7,12-14,17H2,(H,38,39)/b26-16-. The van der Waals surface area contributed by atoms with Gasteiger partial charge in [-0.1, -0.05) is 48.2 Å². The van der Waals surface area contributed by atoms with E-state index >= 15 is 0 Å². The zero-order valence-electron chi connectivity index (χ0n) is 24.5. The SMILES string of the molecule is O=C(O)CN1C(=O)/C(=C/c2ccc(-c3sc(-c4ccc5c(c4)C4C6CCC(C6)C4N5c4ccccc4)c4c3OCCO4)s2)SC1=S. The van der Waals surface area contributed by atoms with E-state index in [-0.39, 0.29) is 10.2 Å².